The van der Waals surface area contributed by atoms with Gasteiger partial charge in [-0.3, -0.25) is 28.6 Å². The molecular weight excluding hydrogens is 1750 g/mol. The summed E-state index contributed by atoms with van der Waals surface area (Å²) in [4.78, 5) is 109. The van der Waals surface area contributed by atoms with Crippen molar-refractivity contribution in [1.29, 1.82) is 0 Å². The van der Waals surface area contributed by atoms with E-state index in [1.165, 1.54) is 35.9 Å². The molecule has 0 saturated carbocycles. The average Bonchev–Trinajstić information content (AvgIpc) is 1.62. The molecule has 2 heterocycles. The Hall–Kier alpha value is -8.72. The van der Waals surface area contributed by atoms with Gasteiger partial charge < -0.3 is 180 Å². The Kier molecular flexibility index (Phi) is 61.3. The summed E-state index contributed by atoms with van der Waals surface area (Å²) in [6.45, 7) is 9.64. The largest absolute Gasteiger partial charge is 0.461 e. The molecule has 0 saturated heterocycles. The summed E-state index contributed by atoms with van der Waals surface area (Å²) >= 11 is 0. The number of anilines is 2. The van der Waals surface area contributed by atoms with Gasteiger partial charge in [-0.2, -0.15) is 15.0 Å². The van der Waals surface area contributed by atoms with E-state index in [2.05, 4.69) is 41.5 Å². The number of hydrogen-bond donors (Lipinski definition) is 18. The van der Waals surface area contributed by atoms with Crippen LogP contribution in [0.15, 0.2) is 54.6 Å². The molecule has 48 nitrogen and oxygen atoms in total. The number of fused-ring (bicyclic) bond motifs is 1. The van der Waals surface area contributed by atoms with Crippen LogP contribution in [0.5, 0.6) is 12.0 Å². The van der Waals surface area contributed by atoms with Crippen molar-refractivity contribution in [2.75, 3.05) is 263 Å². The van der Waals surface area contributed by atoms with Gasteiger partial charge in [0, 0.05) is 79.1 Å². The van der Waals surface area contributed by atoms with Crippen LogP contribution in [0.4, 0.5) is 25.9 Å². The number of aromatic nitrogens is 4. The molecule has 21 N–H and O–H groups in total. The molecule has 8 amide bonds. The quantitative estimate of drug-likeness (QED) is 0.0186. The number of benzene rings is 2. The van der Waals surface area contributed by atoms with Crippen molar-refractivity contribution < 1.29 is 160 Å². The van der Waals surface area contributed by atoms with E-state index in [0.717, 1.165) is 5.56 Å². The van der Waals surface area contributed by atoms with Gasteiger partial charge in [-0.25, -0.2) is 14.4 Å². The van der Waals surface area contributed by atoms with Gasteiger partial charge in [0.15, 0.2) is 17.0 Å². The van der Waals surface area contributed by atoms with Crippen LogP contribution in [0.2, 0.25) is 0 Å². The molecule has 0 radical (unpaired) electrons. The van der Waals surface area contributed by atoms with Gasteiger partial charge in [0.05, 0.1) is 203 Å². The molecule has 0 aliphatic rings. The number of imidazole rings is 1. The van der Waals surface area contributed by atoms with E-state index in [1.54, 1.807) is 42.7 Å². The molecule has 0 aliphatic carbocycles. The van der Waals surface area contributed by atoms with Crippen molar-refractivity contribution in [1.82, 2.24) is 55.5 Å². The summed E-state index contributed by atoms with van der Waals surface area (Å²) in [6, 6.07) is 11.7. The number of carbonyl (C=O) groups excluding carboxylic acids is 7. The number of nitrogens with one attached hydrogen (secondary N) is 5. The highest BCUT2D eigenvalue weighted by Crippen LogP contribution is 2.28. The lowest BCUT2D eigenvalue weighted by Crippen LogP contribution is -2.56. The number of nitrogen functional groups attached to an aromatic ring is 1. The first-order valence-electron chi connectivity index (χ1n) is 44.0. The number of primary amides is 1. The number of aliphatic hydroxyl groups excluding tert-OH is 10. The number of amides is 8. The predicted molar refractivity (Wildman–Crippen MR) is 473 cm³/mol. The Morgan fingerprint density at radius 2 is 0.947 bits per heavy atom. The van der Waals surface area contributed by atoms with Crippen molar-refractivity contribution in [2.24, 2.45) is 17.4 Å². The van der Waals surface area contributed by atoms with Crippen LogP contribution in [0.3, 0.4) is 0 Å². The van der Waals surface area contributed by atoms with Gasteiger partial charge >= 0.3 is 30.2 Å². The first-order valence-corrected chi connectivity index (χ1v) is 44.0. The fraction of sp³-hybridized carbons (Fsp3) is 0.714. The number of methoxy groups -OCH3 is 1. The molecule has 48 heteroatoms. The minimum atomic E-state index is -1.90. The minimum Gasteiger partial charge on any atom is -0.461 e. The first kappa shape index (κ1) is 116. The van der Waals surface area contributed by atoms with Gasteiger partial charge in [-0.1, -0.05) is 56.3 Å². The summed E-state index contributed by atoms with van der Waals surface area (Å²) in [5, 5.41) is 112. The summed E-state index contributed by atoms with van der Waals surface area (Å²) < 4.78 is 89.8. The van der Waals surface area contributed by atoms with Crippen molar-refractivity contribution in [3.63, 3.8) is 0 Å². The minimum absolute atomic E-state index is 0.00749. The molecule has 0 unspecified atom stereocenters. The highest BCUT2D eigenvalue weighted by Gasteiger charge is 2.36. The lowest BCUT2D eigenvalue weighted by molar-refractivity contribution is -0.132. The summed E-state index contributed by atoms with van der Waals surface area (Å²) in [5.74, 6) is -2.46. The number of unbranched alkanes of at least 4 members (excludes halogenated alkanes) is 1. The Bertz CT molecular complexity index is 3740. The molecule has 0 fully saturated rings. The van der Waals surface area contributed by atoms with Crippen molar-refractivity contribution in [3.05, 3.63) is 65.7 Å². The lowest BCUT2D eigenvalue weighted by atomic mass is 10.0. The fourth-order valence-corrected chi connectivity index (χ4v) is 11.8. The molecule has 2 aromatic heterocycles. The topological polar surface area (TPSA) is 661 Å². The molecule has 0 spiro atoms. The second-order valence-electron chi connectivity index (χ2n) is 30.5. The van der Waals surface area contributed by atoms with E-state index in [1.807, 2.05) is 30.3 Å². The van der Waals surface area contributed by atoms with E-state index in [4.69, 9.17) is 103 Å². The molecule has 132 heavy (non-hydrogen) atoms. The maximum absolute atomic E-state index is 13.9. The zero-order valence-corrected chi connectivity index (χ0v) is 76.3. The van der Waals surface area contributed by atoms with Crippen LogP contribution in [0.1, 0.15) is 63.5 Å². The van der Waals surface area contributed by atoms with E-state index in [0.29, 0.717) is 150 Å². The first-order chi connectivity index (χ1) is 63.6. The maximum atomic E-state index is 13.9. The Morgan fingerprint density at radius 3 is 1.42 bits per heavy atom. The van der Waals surface area contributed by atoms with Crippen LogP contribution < -0.4 is 53.3 Å². The van der Waals surface area contributed by atoms with Crippen molar-refractivity contribution >= 4 is 64.5 Å². The van der Waals surface area contributed by atoms with Crippen LogP contribution in [-0.4, -0.2) is 446 Å². The highest BCUT2D eigenvalue weighted by atomic mass is 16.6. The Labute approximate surface area is 768 Å². The molecule has 0 bridgehead atoms. The van der Waals surface area contributed by atoms with Crippen LogP contribution in [-0.2, 0) is 98.6 Å². The maximum Gasteiger partial charge on any atom is 0.417 e. The second kappa shape index (κ2) is 70.0. The highest BCUT2D eigenvalue weighted by molar-refractivity contribution is 5.98. The zero-order chi connectivity index (χ0) is 96.6. The third-order valence-electron chi connectivity index (χ3n) is 19.5. The summed E-state index contributed by atoms with van der Waals surface area (Å²) in [7, 11) is 4.52. The van der Waals surface area contributed by atoms with Crippen molar-refractivity contribution in [2.45, 2.75) is 132 Å². The third kappa shape index (κ3) is 49.5. The molecule has 4 aromatic rings. The van der Waals surface area contributed by atoms with Gasteiger partial charge in [0.2, 0.25) is 23.6 Å². The normalized spacial score (nSPS) is 14.2. The monoisotopic (exact) mass is 1890 g/mol. The van der Waals surface area contributed by atoms with Crippen molar-refractivity contribution in [3.8, 4) is 12.0 Å². The van der Waals surface area contributed by atoms with Crippen LogP contribution >= 0.6 is 0 Å². The van der Waals surface area contributed by atoms with E-state index >= 15 is 0 Å². The summed E-state index contributed by atoms with van der Waals surface area (Å²) in [5.41, 5.74) is 20.0. The number of aliphatic hydroxyl groups is 10. The number of nitrogens with zero attached hydrogens (tertiary/aromatic N) is 7. The molecule has 752 valence electrons. The molecule has 11 atom stereocenters. The molecule has 2 aromatic carbocycles. The number of nitrogens with two attached hydrogens (primary N) is 3. The number of ether oxygens (including phenoxy) is 16. The van der Waals surface area contributed by atoms with Gasteiger partial charge in [0.25, 0.3) is 0 Å². The van der Waals surface area contributed by atoms with E-state index in [-0.39, 0.29) is 153 Å². The number of urea groups is 1. The van der Waals surface area contributed by atoms with Crippen LogP contribution in [0, 0.1) is 5.92 Å². The van der Waals surface area contributed by atoms with E-state index in [9.17, 15) is 74.4 Å². The van der Waals surface area contributed by atoms with Gasteiger partial charge in [-0.15, -0.1) is 0 Å². The van der Waals surface area contributed by atoms with Gasteiger partial charge in [-0.05, 0) is 61.3 Å². The average molecular weight is 1890 g/mol. The van der Waals surface area contributed by atoms with E-state index < -0.39 is 135 Å². The molecular formula is C84H143N15O33. The predicted octanol–water partition coefficient (Wildman–Crippen LogP) is -4.43. The Morgan fingerprint density at radius 1 is 0.485 bits per heavy atom. The zero-order valence-electron chi connectivity index (χ0n) is 76.3. The fourth-order valence-electron chi connectivity index (χ4n) is 11.8. The number of hydrogen-bond acceptors (Lipinski definition) is 39. The standard InChI is InChI=1S/C84H143N15O33/c1-58(2)69(79(113)91-63(15-11-22-89-80(87)114)78(112)90-61-18-16-60(17-19-61)57-131-83(115)96(3)23-24-97(4)84(116)132-82-93-70-75(86)94-81(130-51-28-117-5)95-76(70)99(82)52-59-12-7-6-8-13-59)92-77(111)62(85)14-9-10-21-88-68(106)20-26-118-29-31-120-33-35-122-37-39-124-41-43-126-45-47-128-49-50-129-48-46-127-44-42-125-40-38-123-36-34-121-32-30-119-27-25-98(53-64(102)71(107)73(109)66(104)55-100)54-65(103)72(108)74(110)67(105)56-101/h6-8,12-13,16-19,58,62-67,69,71-74,100-105,107-110H,9-11,14-15,20-57,85H2,1-5H3,(H,88,106)(H,90,112)(H,91,113)(H,92,111)(H2,86,94,95)(H3,87,89,114)/t62-,63-,64-,65-,66+,67+,69-,71+,72+,73+,74+/m0/s1. The third-order valence-corrected chi connectivity index (χ3v) is 19.5. The number of rotatable bonds is 79. The molecule has 4 rings (SSSR count). The Balaban J connectivity index is 0.941. The molecule has 0 aliphatic heterocycles. The number of carbonyl (C=O) groups is 7. The second-order valence-corrected chi connectivity index (χ2v) is 30.5. The number of likely N-dealkylation sites (N-methyl/N-ethyl adjacent to an activating group) is 2. The van der Waals surface area contributed by atoms with Gasteiger partial charge in [0.1, 0.15) is 61.9 Å². The smallest absolute Gasteiger partial charge is 0.417 e. The SMILES string of the molecule is COCCOc1nc(N)c2nc(OC(=O)N(C)CCN(C)C(=O)OCc3ccc(NC(=O)[C@H](CCCNC(N)=O)NC(=O)[C@@H](NC(=O)[C@@H](N)CCCCNC(=O)CCOCCOCCOCCOCCOCCOCCOCCOCCOCCOCCOCCOCCN(C[C@H](O)[C@@H](O)[C@H](O)[C@H](O)CO)C[C@H](O)[C@@H](O)[C@H](O)[C@H](O)CO)C(C)C)cc3)n(Cc3ccccc3)c2n1. The summed E-state index contributed by atoms with van der Waals surface area (Å²) in [6.07, 6.45) is -14.2. The van der Waals surface area contributed by atoms with Crippen LogP contribution in [0.25, 0.3) is 11.2 Å². The lowest BCUT2D eigenvalue weighted by Gasteiger charge is -2.33.